The molecule has 6 nitrogen and oxygen atoms in total. The van der Waals surface area contributed by atoms with E-state index >= 15 is 0 Å². The lowest BCUT2D eigenvalue weighted by Gasteiger charge is -2.25. The average molecular weight is 432 g/mol. The first-order valence-electron chi connectivity index (χ1n) is 10.00. The van der Waals surface area contributed by atoms with Gasteiger partial charge in [-0.2, -0.15) is 0 Å². The second kappa shape index (κ2) is 8.63. The van der Waals surface area contributed by atoms with E-state index in [0.29, 0.717) is 17.0 Å². The SMILES string of the molecule is COc1ccc(/C(O)=C2\C(=O)C(=O)N(Cc3ccccn3)C2c2ccccc2F)cc1C. The summed E-state index contributed by atoms with van der Waals surface area (Å²) < 4.78 is 20.1. The predicted octanol–water partition coefficient (Wildman–Crippen LogP) is 4.16. The number of amides is 1. The number of nitrogens with zero attached hydrogens (tertiary/aromatic N) is 2. The quantitative estimate of drug-likeness (QED) is 0.372. The molecule has 1 aromatic heterocycles. The van der Waals surface area contributed by atoms with Gasteiger partial charge in [0.2, 0.25) is 0 Å². The molecule has 1 fully saturated rings. The number of aliphatic hydroxyl groups is 1. The number of aromatic nitrogens is 1. The summed E-state index contributed by atoms with van der Waals surface area (Å²) >= 11 is 0. The molecule has 2 aromatic carbocycles. The van der Waals surface area contributed by atoms with E-state index < -0.39 is 23.5 Å². The van der Waals surface area contributed by atoms with Crippen molar-refractivity contribution in [2.45, 2.75) is 19.5 Å². The summed E-state index contributed by atoms with van der Waals surface area (Å²) in [5.41, 5.74) is 1.56. The molecule has 1 aliphatic rings. The first kappa shape index (κ1) is 21.2. The Hall–Kier alpha value is -4.00. The number of benzene rings is 2. The lowest BCUT2D eigenvalue weighted by Crippen LogP contribution is -2.30. The number of halogens is 1. The highest BCUT2D eigenvalue weighted by atomic mass is 19.1. The number of likely N-dealkylation sites (tertiary alicyclic amines) is 1. The van der Waals surface area contributed by atoms with Gasteiger partial charge in [0.05, 0.1) is 31.0 Å². The number of hydrogen-bond acceptors (Lipinski definition) is 5. The molecule has 0 bridgehead atoms. The van der Waals surface area contributed by atoms with Crippen LogP contribution in [0.25, 0.3) is 5.76 Å². The van der Waals surface area contributed by atoms with Crippen LogP contribution >= 0.6 is 0 Å². The van der Waals surface area contributed by atoms with Crippen molar-refractivity contribution in [1.29, 1.82) is 0 Å². The number of aryl methyl sites for hydroxylation is 1. The van der Waals surface area contributed by atoms with Crippen molar-refractivity contribution in [1.82, 2.24) is 9.88 Å². The van der Waals surface area contributed by atoms with Crippen molar-refractivity contribution >= 4 is 17.4 Å². The van der Waals surface area contributed by atoms with Crippen LogP contribution in [-0.2, 0) is 16.1 Å². The zero-order valence-electron chi connectivity index (χ0n) is 17.6. The summed E-state index contributed by atoms with van der Waals surface area (Å²) in [4.78, 5) is 31.5. The third-order valence-corrected chi connectivity index (χ3v) is 5.47. The molecule has 32 heavy (non-hydrogen) atoms. The molecule has 2 heterocycles. The number of pyridine rings is 1. The van der Waals surface area contributed by atoms with Gasteiger partial charge < -0.3 is 14.7 Å². The Morgan fingerprint density at radius 3 is 2.53 bits per heavy atom. The Balaban J connectivity index is 1.89. The first-order valence-corrected chi connectivity index (χ1v) is 10.00. The molecule has 0 saturated carbocycles. The molecule has 1 aliphatic heterocycles. The lowest BCUT2D eigenvalue weighted by molar-refractivity contribution is -0.140. The zero-order chi connectivity index (χ0) is 22.8. The maximum atomic E-state index is 14.8. The highest BCUT2D eigenvalue weighted by Gasteiger charge is 2.47. The monoisotopic (exact) mass is 432 g/mol. The van der Waals surface area contributed by atoms with Crippen molar-refractivity contribution in [3.8, 4) is 5.75 Å². The number of Topliss-reactive ketones (excluding diaryl/α,β-unsaturated/α-hetero) is 1. The van der Waals surface area contributed by atoms with Crippen LogP contribution < -0.4 is 4.74 Å². The zero-order valence-corrected chi connectivity index (χ0v) is 17.6. The van der Waals surface area contributed by atoms with Crippen LogP contribution in [0.1, 0.15) is 28.4 Å². The summed E-state index contributed by atoms with van der Waals surface area (Å²) in [6.07, 6.45) is 1.57. The fraction of sp³-hybridized carbons (Fsp3) is 0.160. The normalized spacial score (nSPS) is 17.6. The molecule has 3 aromatic rings. The molecule has 7 heteroatoms. The maximum Gasteiger partial charge on any atom is 0.296 e. The van der Waals surface area contributed by atoms with Gasteiger partial charge in [-0.05, 0) is 48.9 Å². The minimum atomic E-state index is -1.10. The molecule has 0 radical (unpaired) electrons. The number of ketones is 1. The number of carbonyl (C=O) groups excluding carboxylic acids is 2. The van der Waals surface area contributed by atoms with E-state index in [0.717, 1.165) is 5.56 Å². The van der Waals surface area contributed by atoms with Gasteiger partial charge in [0, 0.05) is 17.3 Å². The van der Waals surface area contributed by atoms with E-state index in [2.05, 4.69) is 4.98 Å². The van der Waals surface area contributed by atoms with E-state index in [9.17, 15) is 19.1 Å². The van der Waals surface area contributed by atoms with Crippen LogP contribution in [0.5, 0.6) is 5.75 Å². The van der Waals surface area contributed by atoms with Gasteiger partial charge in [0.15, 0.2) is 0 Å². The smallest absolute Gasteiger partial charge is 0.296 e. The van der Waals surface area contributed by atoms with Gasteiger partial charge >= 0.3 is 0 Å². The summed E-state index contributed by atoms with van der Waals surface area (Å²) in [6, 6.07) is 14.9. The van der Waals surface area contributed by atoms with Gasteiger partial charge in [-0.15, -0.1) is 0 Å². The Morgan fingerprint density at radius 1 is 1.12 bits per heavy atom. The van der Waals surface area contributed by atoms with Gasteiger partial charge in [-0.1, -0.05) is 24.3 Å². The van der Waals surface area contributed by atoms with E-state index in [1.54, 1.807) is 55.6 Å². The number of ether oxygens (including phenoxy) is 1. The first-order chi connectivity index (χ1) is 15.4. The molecule has 0 spiro atoms. The van der Waals surface area contributed by atoms with Gasteiger partial charge in [-0.25, -0.2) is 4.39 Å². The topological polar surface area (TPSA) is 79.7 Å². The molecule has 1 saturated heterocycles. The number of aliphatic hydroxyl groups excluding tert-OH is 1. The van der Waals surface area contributed by atoms with Crippen molar-refractivity contribution in [2.24, 2.45) is 0 Å². The summed E-state index contributed by atoms with van der Waals surface area (Å²) in [5.74, 6) is -2.04. The van der Waals surface area contributed by atoms with Crippen molar-refractivity contribution in [3.63, 3.8) is 0 Å². The fourth-order valence-corrected chi connectivity index (χ4v) is 3.91. The number of methoxy groups -OCH3 is 1. The van der Waals surface area contributed by atoms with E-state index in [1.807, 2.05) is 0 Å². The van der Waals surface area contributed by atoms with Crippen molar-refractivity contribution in [3.05, 3.63) is 101 Å². The lowest BCUT2D eigenvalue weighted by atomic mass is 9.94. The van der Waals surface area contributed by atoms with Crippen molar-refractivity contribution in [2.75, 3.05) is 7.11 Å². The van der Waals surface area contributed by atoms with Crippen LogP contribution in [0.15, 0.2) is 72.4 Å². The Kier molecular flexibility index (Phi) is 5.73. The summed E-state index contributed by atoms with van der Waals surface area (Å²) in [5, 5.41) is 11.1. The molecular weight excluding hydrogens is 411 g/mol. The van der Waals surface area contributed by atoms with Crippen LogP contribution in [0.3, 0.4) is 0 Å². The third kappa shape index (κ3) is 3.73. The molecule has 1 amide bonds. The number of rotatable bonds is 5. The van der Waals surface area contributed by atoms with Crippen molar-refractivity contribution < 1.29 is 23.8 Å². The highest BCUT2D eigenvalue weighted by Crippen LogP contribution is 2.41. The minimum Gasteiger partial charge on any atom is -0.507 e. The van der Waals surface area contributed by atoms with Gasteiger partial charge in [0.1, 0.15) is 17.3 Å². The van der Waals surface area contributed by atoms with E-state index in [-0.39, 0.29) is 23.4 Å². The molecule has 162 valence electrons. The predicted molar refractivity (Wildman–Crippen MR) is 116 cm³/mol. The maximum absolute atomic E-state index is 14.8. The molecule has 1 N–H and O–H groups in total. The minimum absolute atomic E-state index is 0.0111. The Morgan fingerprint density at radius 2 is 1.88 bits per heavy atom. The van der Waals surface area contributed by atoms with Crippen LogP contribution in [0.4, 0.5) is 4.39 Å². The van der Waals surface area contributed by atoms with Crippen LogP contribution in [0, 0.1) is 12.7 Å². The third-order valence-electron chi connectivity index (χ3n) is 5.47. The Labute approximate surface area is 184 Å². The summed E-state index contributed by atoms with van der Waals surface area (Å²) in [6.45, 7) is 1.78. The molecule has 1 unspecified atom stereocenters. The van der Waals surface area contributed by atoms with Crippen LogP contribution in [0.2, 0.25) is 0 Å². The average Bonchev–Trinajstić information content (AvgIpc) is 3.04. The standard InChI is InChI=1S/C25H21FN2O4/c1-15-13-16(10-11-20(15)32-2)23(29)21-22(18-8-3-4-9-19(18)26)28(25(31)24(21)30)14-17-7-5-6-12-27-17/h3-13,22,29H,14H2,1-2H3/b23-21+. The number of carbonyl (C=O) groups is 2. The second-order valence-corrected chi connectivity index (χ2v) is 7.45. The van der Waals surface area contributed by atoms with Gasteiger partial charge in [0.25, 0.3) is 11.7 Å². The Bertz CT molecular complexity index is 1220. The van der Waals surface area contributed by atoms with Crippen LogP contribution in [-0.4, -0.2) is 33.8 Å². The fourth-order valence-electron chi connectivity index (χ4n) is 3.91. The summed E-state index contributed by atoms with van der Waals surface area (Å²) in [7, 11) is 1.53. The van der Waals surface area contributed by atoms with E-state index in [1.165, 1.54) is 30.2 Å². The second-order valence-electron chi connectivity index (χ2n) is 7.45. The largest absolute Gasteiger partial charge is 0.507 e. The molecular formula is C25H21FN2O4. The molecule has 4 rings (SSSR count). The highest BCUT2D eigenvalue weighted by molar-refractivity contribution is 6.46. The number of hydrogen-bond donors (Lipinski definition) is 1. The van der Waals surface area contributed by atoms with Gasteiger partial charge in [-0.3, -0.25) is 14.6 Å². The van der Waals surface area contributed by atoms with E-state index in [4.69, 9.17) is 4.74 Å². The molecule has 1 atom stereocenters. The molecule has 0 aliphatic carbocycles.